The van der Waals surface area contributed by atoms with Crippen molar-refractivity contribution in [2.24, 2.45) is 11.7 Å². The van der Waals surface area contributed by atoms with Crippen LogP contribution in [0.25, 0.3) is 0 Å². The summed E-state index contributed by atoms with van der Waals surface area (Å²) in [7, 11) is 0. The van der Waals surface area contributed by atoms with Gasteiger partial charge in [-0.05, 0) is 37.3 Å². The molecule has 2 atom stereocenters. The van der Waals surface area contributed by atoms with Gasteiger partial charge in [-0.3, -0.25) is 4.79 Å². The molecule has 2 rings (SSSR count). The summed E-state index contributed by atoms with van der Waals surface area (Å²) in [5.41, 5.74) is 6.03. The minimum Gasteiger partial charge on any atom is -0.434 e. The molecular weight excluding hydrogens is 278 g/mol. The van der Waals surface area contributed by atoms with E-state index in [-0.39, 0.29) is 17.4 Å². The Bertz CT molecular complexity index is 482. The van der Waals surface area contributed by atoms with Crippen molar-refractivity contribution in [2.45, 2.75) is 38.3 Å². The normalized spacial score (nSPS) is 22.1. The maximum atomic E-state index is 12.3. The summed E-state index contributed by atoms with van der Waals surface area (Å²) in [4.78, 5) is 12.1. The van der Waals surface area contributed by atoms with E-state index in [4.69, 9.17) is 5.73 Å². The molecule has 0 heterocycles. The lowest BCUT2D eigenvalue weighted by Gasteiger charge is -2.26. The van der Waals surface area contributed by atoms with Gasteiger partial charge in [0.15, 0.2) is 0 Å². The van der Waals surface area contributed by atoms with Crippen molar-refractivity contribution in [2.75, 3.05) is 6.54 Å². The Balaban J connectivity index is 1.94. The van der Waals surface area contributed by atoms with Crippen molar-refractivity contribution in [3.05, 3.63) is 29.8 Å². The van der Waals surface area contributed by atoms with Gasteiger partial charge < -0.3 is 15.8 Å². The van der Waals surface area contributed by atoms with Gasteiger partial charge in [-0.1, -0.05) is 18.6 Å². The Morgan fingerprint density at radius 2 is 2.14 bits per heavy atom. The summed E-state index contributed by atoms with van der Waals surface area (Å²) in [5.74, 6) is -0.156. The van der Waals surface area contributed by atoms with Crippen LogP contribution in [0.1, 0.15) is 36.0 Å². The number of hydrogen-bond donors (Lipinski definition) is 2. The Kier molecular flexibility index (Phi) is 5.50. The van der Waals surface area contributed by atoms with Gasteiger partial charge in [-0.15, -0.1) is 0 Å². The highest BCUT2D eigenvalue weighted by atomic mass is 19.3. The van der Waals surface area contributed by atoms with Crippen molar-refractivity contribution < 1.29 is 18.3 Å². The van der Waals surface area contributed by atoms with Crippen LogP contribution in [0.4, 0.5) is 8.78 Å². The first-order valence-corrected chi connectivity index (χ1v) is 7.14. The zero-order valence-electron chi connectivity index (χ0n) is 11.7. The molecular formula is C15H20F2N2O2. The topological polar surface area (TPSA) is 64.3 Å². The average molecular weight is 298 g/mol. The molecule has 0 saturated heterocycles. The summed E-state index contributed by atoms with van der Waals surface area (Å²) >= 11 is 0. The molecule has 1 amide bonds. The fourth-order valence-corrected chi connectivity index (χ4v) is 2.70. The monoisotopic (exact) mass is 298 g/mol. The number of alkyl halides is 2. The third-order valence-electron chi connectivity index (χ3n) is 3.72. The maximum absolute atomic E-state index is 12.3. The number of nitrogens with two attached hydrogens (primary N) is 1. The van der Waals surface area contributed by atoms with Crippen LogP contribution in [-0.2, 0) is 0 Å². The molecule has 0 radical (unpaired) electrons. The number of ether oxygens (including phenoxy) is 1. The third-order valence-corrected chi connectivity index (χ3v) is 3.72. The second-order valence-electron chi connectivity index (χ2n) is 5.38. The SMILES string of the molecule is NC1CCCC(CNC(=O)c2ccccc2OC(F)F)C1. The minimum atomic E-state index is -2.95. The van der Waals surface area contributed by atoms with Crippen molar-refractivity contribution >= 4 is 5.91 Å². The van der Waals surface area contributed by atoms with Gasteiger partial charge in [0, 0.05) is 12.6 Å². The van der Waals surface area contributed by atoms with Crippen molar-refractivity contribution in [1.29, 1.82) is 0 Å². The first kappa shape index (κ1) is 15.7. The standard InChI is InChI=1S/C15H20F2N2O2/c16-15(17)21-13-7-2-1-6-12(13)14(20)19-9-10-4-3-5-11(18)8-10/h1-2,6-7,10-11,15H,3-5,8-9,18H2,(H,19,20). The number of nitrogens with one attached hydrogen (secondary N) is 1. The maximum Gasteiger partial charge on any atom is 0.387 e. The van der Waals surface area contributed by atoms with Crippen LogP contribution in [0.2, 0.25) is 0 Å². The highest BCUT2D eigenvalue weighted by Crippen LogP contribution is 2.23. The molecule has 0 aliphatic heterocycles. The van der Waals surface area contributed by atoms with E-state index in [9.17, 15) is 13.6 Å². The lowest BCUT2D eigenvalue weighted by atomic mass is 9.86. The molecule has 4 nitrogen and oxygen atoms in total. The number of halogens is 2. The Hall–Kier alpha value is -1.69. The Morgan fingerprint density at radius 3 is 2.86 bits per heavy atom. The summed E-state index contributed by atoms with van der Waals surface area (Å²) in [5, 5.41) is 2.78. The second-order valence-corrected chi connectivity index (χ2v) is 5.38. The molecule has 1 fully saturated rings. The highest BCUT2D eigenvalue weighted by molar-refractivity contribution is 5.96. The van der Waals surface area contributed by atoms with E-state index in [1.54, 1.807) is 12.1 Å². The van der Waals surface area contributed by atoms with Crippen LogP contribution < -0.4 is 15.8 Å². The number of amides is 1. The van der Waals surface area contributed by atoms with Gasteiger partial charge in [-0.25, -0.2) is 0 Å². The van der Waals surface area contributed by atoms with E-state index in [0.717, 1.165) is 25.7 Å². The predicted molar refractivity (Wildman–Crippen MR) is 75.3 cm³/mol. The fourth-order valence-electron chi connectivity index (χ4n) is 2.70. The van der Waals surface area contributed by atoms with Crippen LogP contribution >= 0.6 is 0 Å². The molecule has 2 unspecified atom stereocenters. The molecule has 1 aliphatic rings. The Morgan fingerprint density at radius 1 is 1.38 bits per heavy atom. The van der Waals surface area contributed by atoms with Crippen LogP contribution in [0.5, 0.6) is 5.75 Å². The van der Waals surface area contributed by atoms with Crippen LogP contribution in [0, 0.1) is 5.92 Å². The minimum absolute atomic E-state index is 0.106. The van der Waals surface area contributed by atoms with E-state index in [0.29, 0.717) is 12.5 Å². The van der Waals surface area contributed by atoms with Crippen molar-refractivity contribution in [3.8, 4) is 5.75 Å². The lowest BCUT2D eigenvalue weighted by molar-refractivity contribution is -0.0501. The summed E-state index contributed by atoms with van der Waals surface area (Å²) in [6.07, 6.45) is 4.00. The van der Waals surface area contributed by atoms with Crippen LogP contribution in [0.15, 0.2) is 24.3 Å². The zero-order valence-corrected chi connectivity index (χ0v) is 11.7. The predicted octanol–water partition coefficient (Wildman–Crippen LogP) is 2.54. The quantitative estimate of drug-likeness (QED) is 0.878. The summed E-state index contributed by atoms with van der Waals surface area (Å²) in [6, 6.07) is 6.19. The van der Waals surface area contributed by atoms with E-state index in [2.05, 4.69) is 10.1 Å². The third kappa shape index (κ3) is 4.67. The molecule has 6 heteroatoms. The smallest absolute Gasteiger partial charge is 0.387 e. The average Bonchev–Trinajstić information content (AvgIpc) is 2.45. The van der Waals surface area contributed by atoms with Gasteiger partial charge in [0.25, 0.3) is 5.91 Å². The van der Waals surface area contributed by atoms with E-state index < -0.39 is 12.5 Å². The lowest BCUT2D eigenvalue weighted by Crippen LogP contribution is -2.35. The number of rotatable bonds is 5. The highest BCUT2D eigenvalue weighted by Gasteiger charge is 2.21. The largest absolute Gasteiger partial charge is 0.434 e. The number of para-hydroxylation sites is 1. The molecule has 116 valence electrons. The number of carbonyl (C=O) groups excluding carboxylic acids is 1. The number of carbonyl (C=O) groups is 1. The first-order valence-electron chi connectivity index (χ1n) is 7.14. The van der Waals surface area contributed by atoms with E-state index in [1.165, 1.54) is 12.1 Å². The second kappa shape index (κ2) is 7.36. The van der Waals surface area contributed by atoms with Gasteiger partial charge >= 0.3 is 6.61 Å². The van der Waals surface area contributed by atoms with Crippen LogP contribution in [-0.4, -0.2) is 25.1 Å². The van der Waals surface area contributed by atoms with Crippen molar-refractivity contribution in [1.82, 2.24) is 5.32 Å². The zero-order chi connectivity index (χ0) is 15.2. The van der Waals surface area contributed by atoms with Gasteiger partial charge in [0.05, 0.1) is 5.56 Å². The summed E-state index contributed by atoms with van der Waals surface area (Å²) in [6.45, 7) is -2.44. The first-order chi connectivity index (χ1) is 10.1. The molecule has 1 saturated carbocycles. The molecule has 0 bridgehead atoms. The molecule has 3 N–H and O–H groups in total. The molecule has 1 aromatic rings. The molecule has 0 aromatic heterocycles. The molecule has 21 heavy (non-hydrogen) atoms. The van der Waals surface area contributed by atoms with Gasteiger partial charge in [0.1, 0.15) is 5.75 Å². The number of hydrogen-bond acceptors (Lipinski definition) is 3. The van der Waals surface area contributed by atoms with E-state index >= 15 is 0 Å². The molecule has 0 spiro atoms. The molecule has 1 aliphatic carbocycles. The van der Waals surface area contributed by atoms with Gasteiger partial charge in [0.2, 0.25) is 0 Å². The van der Waals surface area contributed by atoms with Crippen molar-refractivity contribution in [3.63, 3.8) is 0 Å². The van der Waals surface area contributed by atoms with Gasteiger partial charge in [-0.2, -0.15) is 8.78 Å². The van der Waals surface area contributed by atoms with E-state index in [1.807, 2.05) is 0 Å². The fraction of sp³-hybridized carbons (Fsp3) is 0.533. The number of benzene rings is 1. The van der Waals surface area contributed by atoms with Crippen LogP contribution in [0.3, 0.4) is 0 Å². The molecule has 1 aromatic carbocycles. The summed E-state index contributed by atoms with van der Waals surface area (Å²) < 4.78 is 29.0. The Labute approximate surface area is 122 Å².